The molecule has 1 spiro atoms. The first-order chi connectivity index (χ1) is 11.5. The number of hydrogen-bond donors (Lipinski definition) is 0. The second-order valence-corrected chi connectivity index (χ2v) is 8.31. The molecule has 1 unspecified atom stereocenters. The Balaban J connectivity index is 1.73. The predicted molar refractivity (Wildman–Crippen MR) is 98.2 cm³/mol. The van der Waals surface area contributed by atoms with E-state index in [1.54, 1.807) is 7.11 Å². The van der Waals surface area contributed by atoms with E-state index in [1.165, 1.54) is 12.8 Å². The molecule has 2 rings (SSSR count). The first-order valence-electron chi connectivity index (χ1n) is 10.0. The first-order valence-corrected chi connectivity index (χ1v) is 10.0. The van der Waals surface area contributed by atoms with Gasteiger partial charge in [0, 0.05) is 45.7 Å². The molecule has 0 amide bonds. The fourth-order valence-corrected chi connectivity index (χ4v) is 4.12. The van der Waals surface area contributed by atoms with Crippen LogP contribution in [0.25, 0.3) is 0 Å². The van der Waals surface area contributed by atoms with E-state index in [9.17, 15) is 0 Å². The maximum absolute atomic E-state index is 6.40. The molecule has 0 aromatic rings. The second-order valence-electron chi connectivity index (χ2n) is 8.31. The molecule has 0 radical (unpaired) electrons. The molecule has 0 aromatic heterocycles. The summed E-state index contributed by atoms with van der Waals surface area (Å²) in [6.45, 7) is 13.0. The number of hydrogen-bond acceptors (Lipinski definition) is 4. The highest BCUT2D eigenvalue weighted by Gasteiger charge is 2.44. The molecule has 0 aromatic carbocycles. The Morgan fingerprint density at radius 3 is 2.42 bits per heavy atom. The van der Waals surface area contributed by atoms with Crippen LogP contribution in [0.4, 0.5) is 0 Å². The lowest BCUT2D eigenvalue weighted by molar-refractivity contribution is -0.194. The van der Waals surface area contributed by atoms with Crippen LogP contribution in [0.1, 0.15) is 66.2 Å². The SMILES string of the molecule is COCCCN(CCC1COC2(CCC(C(C)C)CC2)O1)C(C)C. The minimum absolute atomic E-state index is 0.255. The van der Waals surface area contributed by atoms with E-state index >= 15 is 0 Å². The Morgan fingerprint density at radius 1 is 1.12 bits per heavy atom. The van der Waals surface area contributed by atoms with Crippen LogP contribution in [0.3, 0.4) is 0 Å². The fourth-order valence-electron chi connectivity index (χ4n) is 4.12. The molecule has 4 heteroatoms. The molecule has 0 N–H and O–H groups in total. The zero-order chi connectivity index (χ0) is 17.6. The van der Waals surface area contributed by atoms with Gasteiger partial charge in [-0.25, -0.2) is 0 Å². The van der Waals surface area contributed by atoms with Crippen molar-refractivity contribution in [3.63, 3.8) is 0 Å². The third kappa shape index (κ3) is 5.69. The van der Waals surface area contributed by atoms with Gasteiger partial charge in [-0.15, -0.1) is 0 Å². The van der Waals surface area contributed by atoms with Gasteiger partial charge in [0.15, 0.2) is 5.79 Å². The average Bonchev–Trinajstić information content (AvgIpc) is 2.93. The quantitative estimate of drug-likeness (QED) is 0.591. The molecule has 4 nitrogen and oxygen atoms in total. The van der Waals surface area contributed by atoms with Crippen LogP contribution in [0.5, 0.6) is 0 Å². The highest BCUT2D eigenvalue weighted by Crippen LogP contribution is 2.42. The third-order valence-corrected chi connectivity index (χ3v) is 5.91. The summed E-state index contributed by atoms with van der Waals surface area (Å²) in [6.07, 6.45) is 7.09. The van der Waals surface area contributed by atoms with Gasteiger partial charge in [0.1, 0.15) is 0 Å². The molecule has 1 saturated heterocycles. The van der Waals surface area contributed by atoms with Crippen LogP contribution in [-0.2, 0) is 14.2 Å². The van der Waals surface area contributed by atoms with Gasteiger partial charge in [0.2, 0.25) is 0 Å². The number of rotatable bonds is 9. The van der Waals surface area contributed by atoms with Crippen molar-refractivity contribution in [2.24, 2.45) is 11.8 Å². The lowest BCUT2D eigenvalue weighted by atomic mass is 9.79. The molecule has 2 aliphatic rings. The zero-order valence-electron chi connectivity index (χ0n) is 16.6. The van der Waals surface area contributed by atoms with Crippen LogP contribution >= 0.6 is 0 Å². The highest BCUT2D eigenvalue weighted by atomic mass is 16.7. The molecule has 0 bridgehead atoms. The summed E-state index contributed by atoms with van der Waals surface area (Å²) in [7, 11) is 1.77. The highest BCUT2D eigenvalue weighted by molar-refractivity contribution is 4.86. The minimum atomic E-state index is -0.255. The Morgan fingerprint density at radius 2 is 1.83 bits per heavy atom. The summed E-state index contributed by atoms with van der Waals surface area (Å²) < 4.78 is 17.7. The monoisotopic (exact) mass is 341 g/mol. The molecular formula is C20H39NO3. The van der Waals surface area contributed by atoms with Crippen LogP contribution in [0.15, 0.2) is 0 Å². The van der Waals surface area contributed by atoms with Crippen molar-refractivity contribution in [2.75, 3.05) is 33.4 Å². The number of nitrogens with zero attached hydrogens (tertiary/aromatic N) is 1. The molecule has 1 saturated carbocycles. The van der Waals surface area contributed by atoms with E-state index in [-0.39, 0.29) is 11.9 Å². The van der Waals surface area contributed by atoms with Gasteiger partial charge < -0.3 is 19.1 Å². The standard InChI is InChI=1S/C20H39NO3/c1-16(2)18-7-10-20(11-8-18)23-15-19(24-20)9-13-21(17(3)4)12-6-14-22-5/h16-19H,6-15H2,1-5H3. The second kappa shape index (κ2) is 9.51. The average molecular weight is 342 g/mol. The first kappa shape index (κ1) is 20.2. The Kier molecular flexibility index (Phi) is 7.99. The van der Waals surface area contributed by atoms with E-state index < -0.39 is 0 Å². The zero-order valence-corrected chi connectivity index (χ0v) is 16.6. The summed E-state index contributed by atoms with van der Waals surface area (Å²) in [5.74, 6) is 1.37. The molecule has 1 aliphatic carbocycles. The summed E-state index contributed by atoms with van der Waals surface area (Å²) in [5.41, 5.74) is 0. The van der Waals surface area contributed by atoms with E-state index in [0.717, 1.165) is 63.8 Å². The molecule has 1 aliphatic heterocycles. The molecule has 2 fully saturated rings. The van der Waals surface area contributed by atoms with Crippen molar-refractivity contribution in [1.82, 2.24) is 4.90 Å². The van der Waals surface area contributed by atoms with Crippen molar-refractivity contribution >= 4 is 0 Å². The van der Waals surface area contributed by atoms with Gasteiger partial charge in [-0.2, -0.15) is 0 Å². The van der Waals surface area contributed by atoms with E-state index in [4.69, 9.17) is 14.2 Å². The van der Waals surface area contributed by atoms with E-state index in [0.29, 0.717) is 6.04 Å². The molecule has 1 atom stereocenters. The summed E-state index contributed by atoms with van der Waals surface area (Å²) in [6, 6.07) is 0.569. The Labute approximate surface area is 149 Å². The third-order valence-electron chi connectivity index (χ3n) is 5.91. The van der Waals surface area contributed by atoms with Crippen molar-refractivity contribution in [3.8, 4) is 0 Å². The molecule has 24 heavy (non-hydrogen) atoms. The summed E-state index contributed by atoms with van der Waals surface area (Å²) >= 11 is 0. The summed E-state index contributed by atoms with van der Waals surface area (Å²) in [4.78, 5) is 2.53. The minimum Gasteiger partial charge on any atom is -0.385 e. The lowest BCUT2D eigenvalue weighted by Crippen LogP contribution is -2.38. The Hall–Kier alpha value is -0.160. The summed E-state index contributed by atoms with van der Waals surface area (Å²) in [5, 5.41) is 0. The molecule has 1 heterocycles. The number of ether oxygens (including phenoxy) is 3. The maximum Gasteiger partial charge on any atom is 0.168 e. The van der Waals surface area contributed by atoms with Crippen molar-refractivity contribution in [2.45, 2.75) is 84.2 Å². The van der Waals surface area contributed by atoms with Crippen LogP contribution in [0, 0.1) is 11.8 Å². The van der Waals surface area contributed by atoms with E-state index in [2.05, 4.69) is 32.6 Å². The molecule has 142 valence electrons. The predicted octanol–water partition coefficient (Wildman–Crippen LogP) is 4.08. The topological polar surface area (TPSA) is 30.9 Å². The van der Waals surface area contributed by atoms with Gasteiger partial charge in [0.05, 0.1) is 12.7 Å². The van der Waals surface area contributed by atoms with Crippen LogP contribution in [0.2, 0.25) is 0 Å². The Bertz CT molecular complexity index is 351. The smallest absolute Gasteiger partial charge is 0.168 e. The number of methoxy groups -OCH3 is 1. The van der Waals surface area contributed by atoms with Gasteiger partial charge in [-0.05, 0) is 51.4 Å². The van der Waals surface area contributed by atoms with Crippen LogP contribution < -0.4 is 0 Å². The molecular weight excluding hydrogens is 302 g/mol. The fraction of sp³-hybridized carbons (Fsp3) is 1.00. The van der Waals surface area contributed by atoms with Crippen LogP contribution in [-0.4, -0.2) is 56.2 Å². The van der Waals surface area contributed by atoms with Gasteiger partial charge in [0.25, 0.3) is 0 Å². The van der Waals surface area contributed by atoms with Gasteiger partial charge in [-0.1, -0.05) is 13.8 Å². The lowest BCUT2D eigenvalue weighted by Gasteiger charge is -2.37. The van der Waals surface area contributed by atoms with Crippen molar-refractivity contribution in [1.29, 1.82) is 0 Å². The van der Waals surface area contributed by atoms with E-state index in [1.807, 2.05) is 0 Å². The normalized spacial score (nSPS) is 31.0. The van der Waals surface area contributed by atoms with Gasteiger partial charge in [-0.3, -0.25) is 0 Å². The van der Waals surface area contributed by atoms with Crippen molar-refractivity contribution in [3.05, 3.63) is 0 Å². The van der Waals surface area contributed by atoms with Gasteiger partial charge >= 0.3 is 0 Å². The maximum atomic E-state index is 6.40. The largest absolute Gasteiger partial charge is 0.385 e. The van der Waals surface area contributed by atoms with Crippen molar-refractivity contribution < 1.29 is 14.2 Å².